The van der Waals surface area contributed by atoms with Crippen molar-refractivity contribution in [1.82, 2.24) is 9.03 Å². The van der Waals surface area contributed by atoms with Gasteiger partial charge in [-0.2, -0.15) is 12.7 Å². The van der Waals surface area contributed by atoms with Gasteiger partial charge in [-0.15, -0.1) is 0 Å². The van der Waals surface area contributed by atoms with Crippen molar-refractivity contribution >= 4 is 10.2 Å². The van der Waals surface area contributed by atoms with Crippen LogP contribution in [0.3, 0.4) is 0 Å². The third-order valence-electron chi connectivity index (χ3n) is 4.49. The number of hydrogen-bond acceptors (Lipinski definition) is 3. The van der Waals surface area contributed by atoms with Crippen LogP contribution in [0, 0.1) is 0 Å². The van der Waals surface area contributed by atoms with Crippen LogP contribution in [0.1, 0.15) is 36.1 Å². The summed E-state index contributed by atoms with van der Waals surface area (Å²) < 4.78 is 35.3. The van der Waals surface area contributed by atoms with Crippen molar-refractivity contribution in [3.63, 3.8) is 0 Å². The lowest BCUT2D eigenvalue weighted by Crippen LogP contribution is -2.46. The largest absolute Gasteiger partial charge is 0.497 e. The van der Waals surface area contributed by atoms with Crippen LogP contribution in [0.25, 0.3) is 0 Å². The molecule has 0 bridgehead atoms. The Morgan fingerprint density at radius 3 is 2.64 bits per heavy atom. The molecule has 6 heteroatoms. The van der Waals surface area contributed by atoms with Gasteiger partial charge < -0.3 is 4.74 Å². The molecule has 1 heterocycles. The maximum absolute atomic E-state index is 12.9. The Morgan fingerprint density at radius 2 is 1.96 bits per heavy atom. The molecule has 1 aliphatic heterocycles. The monoisotopic (exact) mass is 360 g/mol. The Morgan fingerprint density at radius 1 is 1.20 bits per heavy atom. The quantitative estimate of drug-likeness (QED) is 0.862. The summed E-state index contributed by atoms with van der Waals surface area (Å²) in [6.45, 7) is 2.84. The second-order valence-corrected chi connectivity index (χ2v) is 7.85. The Labute approximate surface area is 149 Å². The lowest BCUT2D eigenvalue weighted by atomic mass is 9.90. The van der Waals surface area contributed by atoms with Crippen LogP contribution in [0.2, 0.25) is 0 Å². The fourth-order valence-corrected chi connectivity index (χ4v) is 4.73. The summed E-state index contributed by atoms with van der Waals surface area (Å²) in [6, 6.07) is 15.3. The molecule has 0 aromatic heterocycles. The Hall–Kier alpha value is -1.89. The lowest BCUT2D eigenvalue weighted by Gasteiger charge is -2.36. The first-order valence-corrected chi connectivity index (χ1v) is 9.99. The maximum atomic E-state index is 12.9. The van der Waals surface area contributed by atoms with Crippen molar-refractivity contribution < 1.29 is 13.2 Å². The van der Waals surface area contributed by atoms with Crippen LogP contribution in [0.5, 0.6) is 5.75 Å². The fourth-order valence-electron chi connectivity index (χ4n) is 3.26. The molecule has 0 amide bonds. The fraction of sp³-hybridized carbons (Fsp3) is 0.368. The van der Waals surface area contributed by atoms with Gasteiger partial charge >= 0.3 is 0 Å². The first-order valence-electron chi connectivity index (χ1n) is 8.55. The zero-order valence-electron chi connectivity index (χ0n) is 14.6. The number of nitrogens with one attached hydrogen (secondary N) is 1. The number of benzene rings is 2. The highest BCUT2D eigenvalue weighted by molar-refractivity contribution is 7.87. The molecule has 134 valence electrons. The van der Waals surface area contributed by atoms with Crippen LogP contribution >= 0.6 is 0 Å². The van der Waals surface area contributed by atoms with E-state index in [2.05, 4.69) is 4.72 Å². The SMILES string of the molecule is CCCNS(=O)(=O)N1CCc2cc(OC)ccc2C1c1ccccc1. The summed E-state index contributed by atoms with van der Waals surface area (Å²) in [7, 11) is -1.91. The molecule has 1 atom stereocenters. The molecule has 2 aromatic rings. The molecule has 1 aliphatic rings. The topological polar surface area (TPSA) is 58.6 Å². The van der Waals surface area contributed by atoms with Crippen molar-refractivity contribution in [1.29, 1.82) is 0 Å². The molecule has 1 N–H and O–H groups in total. The molecule has 0 radical (unpaired) electrons. The number of ether oxygens (including phenoxy) is 1. The van der Waals surface area contributed by atoms with Gasteiger partial charge in [-0.3, -0.25) is 0 Å². The van der Waals surface area contributed by atoms with Crippen molar-refractivity contribution in [3.8, 4) is 5.75 Å². The Bertz CT molecular complexity index is 822. The zero-order valence-corrected chi connectivity index (χ0v) is 15.4. The van der Waals surface area contributed by atoms with E-state index >= 15 is 0 Å². The number of methoxy groups -OCH3 is 1. The lowest BCUT2D eigenvalue weighted by molar-refractivity contribution is 0.337. The summed E-state index contributed by atoms with van der Waals surface area (Å²) in [5.41, 5.74) is 3.12. The van der Waals surface area contributed by atoms with Gasteiger partial charge in [0.15, 0.2) is 0 Å². The number of fused-ring (bicyclic) bond motifs is 1. The maximum Gasteiger partial charge on any atom is 0.280 e. The van der Waals surface area contributed by atoms with Crippen LogP contribution < -0.4 is 9.46 Å². The summed E-state index contributed by atoms with van der Waals surface area (Å²) in [5, 5.41) is 0. The molecule has 0 aliphatic carbocycles. The van der Waals surface area contributed by atoms with E-state index in [4.69, 9.17) is 4.74 Å². The van der Waals surface area contributed by atoms with Crippen molar-refractivity contribution in [2.75, 3.05) is 20.2 Å². The number of nitrogens with zero attached hydrogens (tertiary/aromatic N) is 1. The van der Waals surface area contributed by atoms with E-state index in [-0.39, 0.29) is 6.04 Å². The van der Waals surface area contributed by atoms with Gasteiger partial charge in [0.1, 0.15) is 5.75 Å². The molecular formula is C19H24N2O3S. The molecular weight excluding hydrogens is 336 g/mol. The van der Waals surface area contributed by atoms with E-state index in [0.29, 0.717) is 19.5 Å². The van der Waals surface area contributed by atoms with E-state index in [1.807, 2.05) is 55.5 Å². The third kappa shape index (κ3) is 3.71. The van der Waals surface area contributed by atoms with E-state index in [1.54, 1.807) is 11.4 Å². The van der Waals surface area contributed by atoms with E-state index in [9.17, 15) is 8.42 Å². The summed E-state index contributed by atoms with van der Waals surface area (Å²) in [6.07, 6.45) is 1.43. The van der Waals surface area contributed by atoms with Gasteiger partial charge in [-0.25, -0.2) is 4.72 Å². The van der Waals surface area contributed by atoms with Gasteiger partial charge in [0.25, 0.3) is 10.2 Å². The van der Waals surface area contributed by atoms with Crippen LogP contribution in [-0.4, -0.2) is 32.9 Å². The minimum Gasteiger partial charge on any atom is -0.497 e. The van der Waals surface area contributed by atoms with Crippen molar-refractivity contribution in [2.24, 2.45) is 0 Å². The molecule has 25 heavy (non-hydrogen) atoms. The minimum absolute atomic E-state index is 0.329. The molecule has 0 fully saturated rings. The highest BCUT2D eigenvalue weighted by Gasteiger charge is 2.36. The smallest absolute Gasteiger partial charge is 0.280 e. The van der Waals surface area contributed by atoms with Gasteiger partial charge in [0.2, 0.25) is 0 Å². The standard InChI is InChI=1S/C19H24N2O3S/c1-3-12-20-25(22,23)21-13-11-16-14-17(24-2)9-10-18(16)19(21)15-7-5-4-6-8-15/h4-10,14,19-20H,3,11-13H2,1-2H3. The molecule has 0 saturated heterocycles. The average Bonchev–Trinajstić information content (AvgIpc) is 2.65. The van der Waals surface area contributed by atoms with Crippen LogP contribution in [-0.2, 0) is 16.6 Å². The number of rotatable bonds is 6. The highest BCUT2D eigenvalue weighted by Crippen LogP contribution is 2.37. The van der Waals surface area contributed by atoms with Crippen LogP contribution in [0.15, 0.2) is 48.5 Å². The van der Waals surface area contributed by atoms with Gasteiger partial charge in [0.05, 0.1) is 13.2 Å². The van der Waals surface area contributed by atoms with E-state index < -0.39 is 10.2 Å². The third-order valence-corrected chi connectivity index (χ3v) is 6.07. The Kier molecular flexibility index (Phi) is 5.42. The number of hydrogen-bond donors (Lipinski definition) is 1. The summed E-state index contributed by atoms with van der Waals surface area (Å²) >= 11 is 0. The van der Waals surface area contributed by atoms with Gasteiger partial charge in [0, 0.05) is 13.1 Å². The minimum atomic E-state index is -3.55. The van der Waals surface area contributed by atoms with E-state index in [0.717, 1.165) is 28.9 Å². The second kappa shape index (κ2) is 7.56. The van der Waals surface area contributed by atoms with Gasteiger partial charge in [-0.1, -0.05) is 43.3 Å². The molecule has 0 spiro atoms. The zero-order chi connectivity index (χ0) is 17.9. The molecule has 5 nitrogen and oxygen atoms in total. The first kappa shape index (κ1) is 17.9. The summed E-state index contributed by atoms with van der Waals surface area (Å²) in [5.74, 6) is 0.797. The normalized spacial score (nSPS) is 17.9. The second-order valence-electron chi connectivity index (χ2n) is 6.14. The highest BCUT2D eigenvalue weighted by atomic mass is 32.2. The molecule has 3 rings (SSSR count). The molecule has 0 saturated carbocycles. The van der Waals surface area contributed by atoms with Crippen molar-refractivity contribution in [3.05, 3.63) is 65.2 Å². The predicted octanol–water partition coefficient (Wildman–Crippen LogP) is 2.89. The van der Waals surface area contributed by atoms with E-state index in [1.165, 1.54) is 0 Å². The predicted molar refractivity (Wildman–Crippen MR) is 98.9 cm³/mol. The van der Waals surface area contributed by atoms with Crippen LogP contribution in [0.4, 0.5) is 0 Å². The average molecular weight is 360 g/mol. The Balaban J connectivity index is 2.07. The van der Waals surface area contributed by atoms with Gasteiger partial charge in [-0.05, 0) is 41.7 Å². The summed E-state index contributed by atoms with van der Waals surface area (Å²) in [4.78, 5) is 0. The molecule has 2 aromatic carbocycles. The first-order chi connectivity index (χ1) is 12.1. The molecule has 1 unspecified atom stereocenters. The van der Waals surface area contributed by atoms with Crippen molar-refractivity contribution in [2.45, 2.75) is 25.8 Å².